The molecule has 1 saturated heterocycles. The third-order valence-corrected chi connectivity index (χ3v) is 5.89. The Kier molecular flexibility index (Phi) is 7.28. The molecule has 1 aliphatic heterocycles. The average molecular weight is 396 g/mol. The van der Waals surface area contributed by atoms with Crippen molar-refractivity contribution in [1.82, 2.24) is 0 Å². The van der Waals surface area contributed by atoms with E-state index < -0.39 is 47.5 Å². The number of hydrogen-bond donors (Lipinski definition) is 0. The van der Waals surface area contributed by atoms with Gasteiger partial charge < -0.3 is 18.9 Å². The van der Waals surface area contributed by atoms with Crippen LogP contribution in [0.2, 0.25) is 0 Å². The van der Waals surface area contributed by atoms with Gasteiger partial charge in [0.05, 0.1) is 23.7 Å². The van der Waals surface area contributed by atoms with Gasteiger partial charge in [-0.25, -0.2) is 0 Å². The van der Waals surface area contributed by atoms with E-state index in [0.717, 1.165) is 25.7 Å². The molecule has 0 radical (unpaired) electrons. The van der Waals surface area contributed by atoms with Crippen LogP contribution in [0.1, 0.15) is 51.4 Å². The van der Waals surface area contributed by atoms with Gasteiger partial charge in [-0.3, -0.25) is 19.2 Å². The van der Waals surface area contributed by atoms with Gasteiger partial charge in [-0.1, -0.05) is 25.7 Å². The number of cyclic esters (lactones) is 4. The Morgan fingerprint density at radius 1 is 0.429 bits per heavy atom. The van der Waals surface area contributed by atoms with Crippen LogP contribution in [0.5, 0.6) is 0 Å². The van der Waals surface area contributed by atoms with E-state index in [9.17, 15) is 19.2 Å². The summed E-state index contributed by atoms with van der Waals surface area (Å²) in [6.07, 6.45) is 5.65. The second-order valence-corrected chi connectivity index (χ2v) is 7.66. The smallest absolute Gasteiger partial charge is 0.309 e. The van der Waals surface area contributed by atoms with Crippen molar-refractivity contribution in [3.63, 3.8) is 0 Å². The van der Waals surface area contributed by atoms with Crippen LogP contribution in [0.25, 0.3) is 0 Å². The average Bonchev–Trinajstić information content (AvgIpc) is 2.73. The number of hydrogen-bond acceptors (Lipinski definition) is 8. The molecule has 2 aliphatic carbocycles. The lowest BCUT2D eigenvalue weighted by atomic mass is 9.79. The molecular weight excluding hydrogens is 368 g/mol. The predicted octanol–water partition coefficient (Wildman–Crippen LogP) is 1.79. The summed E-state index contributed by atoms with van der Waals surface area (Å²) >= 11 is 0. The van der Waals surface area contributed by atoms with Crippen molar-refractivity contribution in [3.05, 3.63) is 0 Å². The van der Waals surface area contributed by atoms with Crippen LogP contribution in [-0.2, 0) is 38.1 Å². The zero-order chi connectivity index (χ0) is 19.9. The Balaban J connectivity index is 1.68. The number of esters is 4. The minimum Gasteiger partial charge on any atom is -0.462 e. The van der Waals surface area contributed by atoms with Gasteiger partial charge in [-0.2, -0.15) is 0 Å². The molecule has 4 atom stereocenters. The highest BCUT2D eigenvalue weighted by Crippen LogP contribution is 2.33. The number of fused-ring (bicyclic) bond motifs is 2. The fourth-order valence-corrected chi connectivity index (χ4v) is 4.39. The molecule has 3 aliphatic rings. The van der Waals surface area contributed by atoms with E-state index in [-0.39, 0.29) is 26.4 Å². The minimum atomic E-state index is -0.546. The van der Waals surface area contributed by atoms with Gasteiger partial charge >= 0.3 is 23.9 Å². The Bertz CT molecular complexity index is 497. The summed E-state index contributed by atoms with van der Waals surface area (Å²) in [5.74, 6) is -3.99. The number of rotatable bonds is 0. The largest absolute Gasteiger partial charge is 0.462 e. The van der Waals surface area contributed by atoms with Crippen LogP contribution < -0.4 is 0 Å². The van der Waals surface area contributed by atoms with Crippen molar-refractivity contribution >= 4 is 23.9 Å². The van der Waals surface area contributed by atoms with Gasteiger partial charge in [0.25, 0.3) is 0 Å². The van der Waals surface area contributed by atoms with Crippen molar-refractivity contribution in [2.75, 3.05) is 26.4 Å². The molecule has 1 heterocycles. The summed E-state index contributed by atoms with van der Waals surface area (Å²) in [4.78, 5) is 49.6. The molecule has 28 heavy (non-hydrogen) atoms. The van der Waals surface area contributed by atoms with E-state index >= 15 is 0 Å². The van der Waals surface area contributed by atoms with Crippen LogP contribution in [0.3, 0.4) is 0 Å². The topological polar surface area (TPSA) is 105 Å². The zero-order valence-electron chi connectivity index (χ0n) is 16.1. The first-order valence-corrected chi connectivity index (χ1v) is 10.2. The standard InChI is InChI=1S/C20H28O8/c21-17-13-5-1-2-6-14(13)18(22)26-11-12-28-20(24)16-8-4-3-7-15(16)19(23)27-10-9-25-17/h13-16H,1-12H2/t13-,14+,15+,16-. The van der Waals surface area contributed by atoms with Crippen LogP contribution in [-0.4, -0.2) is 50.3 Å². The maximum Gasteiger partial charge on any atom is 0.309 e. The quantitative estimate of drug-likeness (QED) is 0.451. The van der Waals surface area contributed by atoms with Crippen molar-refractivity contribution < 1.29 is 38.1 Å². The molecule has 8 nitrogen and oxygen atoms in total. The van der Waals surface area contributed by atoms with Gasteiger partial charge in [0.15, 0.2) is 0 Å². The highest BCUT2D eigenvalue weighted by molar-refractivity contribution is 5.83. The van der Waals surface area contributed by atoms with E-state index in [0.29, 0.717) is 25.7 Å². The highest BCUT2D eigenvalue weighted by Gasteiger charge is 2.39. The van der Waals surface area contributed by atoms with Gasteiger partial charge in [-0.15, -0.1) is 0 Å². The molecule has 2 saturated carbocycles. The summed E-state index contributed by atoms with van der Waals surface area (Å²) in [5.41, 5.74) is 0. The maximum absolute atomic E-state index is 12.4. The maximum atomic E-state index is 12.4. The Hall–Kier alpha value is -2.12. The summed E-state index contributed by atoms with van der Waals surface area (Å²) in [5, 5.41) is 0. The molecule has 0 spiro atoms. The van der Waals surface area contributed by atoms with E-state index in [1.54, 1.807) is 0 Å². The van der Waals surface area contributed by atoms with E-state index in [1.807, 2.05) is 0 Å². The first kappa shape index (κ1) is 20.6. The van der Waals surface area contributed by atoms with Crippen LogP contribution >= 0.6 is 0 Å². The molecule has 0 aromatic rings. The fraction of sp³-hybridized carbons (Fsp3) is 0.800. The first-order chi connectivity index (χ1) is 13.6. The summed E-state index contributed by atoms with van der Waals surface area (Å²) in [7, 11) is 0. The molecule has 3 fully saturated rings. The van der Waals surface area contributed by atoms with E-state index in [4.69, 9.17) is 18.9 Å². The molecule has 3 rings (SSSR count). The second-order valence-electron chi connectivity index (χ2n) is 7.66. The summed E-state index contributed by atoms with van der Waals surface area (Å²) in [6.45, 7) is -0.259. The fourth-order valence-electron chi connectivity index (χ4n) is 4.39. The number of carbonyl (C=O) groups is 4. The minimum absolute atomic E-state index is 0.0648. The Labute approximate surface area is 164 Å². The summed E-state index contributed by atoms with van der Waals surface area (Å²) < 4.78 is 21.0. The molecule has 0 aromatic carbocycles. The first-order valence-electron chi connectivity index (χ1n) is 10.2. The van der Waals surface area contributed by atoms with Crippen LogP contribution in [0.15, 0.2) is 0 Å². The summed E-state index contributed by atoms with van der Waals surface area (Å²) in [6, 6.07) is 0. The van der Waals surface area contributed by atoms with E-state index in [2.05, 4.69) is 0 Å². The molecule has 156 valence electrons. The van der Waals surface area contributed by atoms with Crippen molar-refractivity contribution in [2.45, 2.75) is 51.4 Å². The Morgan fingerprint density at radius 3 is 0.857 bits per heavy atom. The molecule has 0 bridgehead atoms. The van der Waals surface area contributed by atoms with Gasteiger partial charge in [0.1, 0.15) is 26.4 Å². The zero-order valence-corrected chi connectivity index (χ0v) is 16.1. The predicted molar refractivity (Wildman–Crippen MR) is 94.7 cm³/mol. The normalized spacial score (nSPS) is 33.4. The van der Waals surface area contributed by atoms with Gasteiger partial charge in [-0.05, 0) is 25.7 Å². The molecule has 0 N–H and O–H groups in total. The SMILES string of the molecule is O=C1OCCOC(=O)[C@@H]2CCCC[C@@H]2C(=O)OCCOC(=O)[C@@H]2CCCC[C@H]12. The number of ether oxygens (including phenoxy) is 4. The molecule has 0 aromatic heterocycles. The van der Waals surface area contributed by atoms with Gasteiger partial charge in [0.2, 0.25) is 0 Å². The lowest BCUT2D eigenvalue weighted by molar-refractivity contribution is -0.171. The molecule has 8 heteroatoms. The highest BCUT2D eigenvalue weighted by atomic mass is 16.6. The Morgan fingerprint density at radius 2 is 0.643 bits per heavy atom. The van der Waals surface area contributed by atoms with E-state index in [1.165, 1.54) is 0 Å². The second kappa shape index (κ2) is 9.89. The molecular formula is C20H28O8. The van der Waals surface area contributed by atoms with Crippen molar-refractivity contribution in [2.24, 2.45) is 23.7 Å². The third kappa shape index (κ3) is 5.02. The van der Waals surface area contributed by atoms with Gasteiger partial charge in [0, 0.05) is 0 Å². The lowest BCUT2D eigenvalue weighted by Gasteiger charge is -2.29. The van der Waals surface area contributed by atoms with Crippen LogP contribution in [0.4, 0.5) is 0 Å². The third-order valence-electron chi connectivity index (χ3n) is 5.89. The van der Waals surface area contributed by atoms with Crippen molar-refractivity contribution in [3.8, 4) is 0 Å². The molecule has 0 amide bonds. The number of carbonyl (C=O) groups excluding carboxylic acids is 4. The van der Waals surface area contributed by atoms with Crippen molar-refractivity contribution in [1.29, 1.82) is 0 Å². The monoisotopic (exact) mass is 396 g/mol. The molecule has 0 unspecified atom stereocenters. The van der Waals surface area contributed by atoms with Crippen LogP contribution in [0, 0.1) is 23.7 Å². The lowest BCUT2D eigenvalue weighted by Crippen LogP contribution is -2.38.